The number of benzene rings is 4. The van der Waals surface area contributed by atoms with Crippen molar-refractivity contribution in [2.45, 2.75) is 13.2 Å². The van der Waals surface area contributed by atoms with Gasteiger partial charge >= 0.3 is 0 Å². The summed E-state index contributed by atoms with van der Waals surface area (Å²) in [6.07, 6.45) is 0. The van der Waals surface area contributed by atoms with E-state index in [0.717, 1.165) is 40.3 Å². The average molecular weight is 390 g/mol. The van der Waals surface area contributed by atoms with Crippen LogP contribution >= 0.6 is 0 Å². The van der Waals surface area contributed by atoms with Crippen LogP contribution in [0.3, 0.4) is 0 Å². The molecule has 3 nitrogen and oxygen atoms in total. The van der Waals surface area contributed by atoms with E-state index in [0.29, 0.717) is 6.61 Å². The zero-order valence-electron chi connectivity index (χ0n) is 16.6. The standard InChI is InChI=1S/C27H22N2O/c1-3-9-21(10-4-1)19-29-26-14-8-7-13-25(26)28-27(29)23-15-17-24(18-16-23)30-20-22-11-5-2-6-12-22/h1-18H,19-20H2. The summed E-state index contributed by atoms with van der Waals surface area (Å²) in [7, 11) is 0. The molecule has 0 saturated carbocycles. The van der Waals surface area contributed by atoms with Crippen LogP contribution in [0.2, 0.25) is 0 Å². The number of fused-ring (bicyclic) bond motifs is 1. The first kappa shape index (κ1) is 18.2. The fraction of sp³-hybridized carbons (Fsp3) is 0.0741. The van der Waals surface area contributed by atoms with E-state index in [1.807, 2.05) is 42.5 Å². The molecule has 0 atom stereocenters. The van der Waals surface area contributed by atoms with Gasteiger partial charge in [-0.25, -0.2) is 4.98 Å². The Morgan fingerprint density at radius 2 is 1.27 bits per heavy atom. The van der Waals surface area contributed by atoms with E-state index in [4.69, 9.17) is 9.72 Å². The van der Waals surface area contributed by atoms with Crippen molar-refractivity contribution in [2.75, 3.05) is 0 Å². The minimum Gasteiger partial charge on any atom is -0.489 e. The molecule has 0 bridgehead atoms. The maximum Gasteiger partial charge on any atom is 0.141 e. The van der Waals surface area contributed by atoms with Crippen LogP contribution in [0.1, 0.15) is 11.1 Å². The van der Waals surface area contributed by atoms with Crippen LogP contribution < -0.4 is 4.74 Å². The largest absolute Gasteiger partial charge is 0.489 e. The molecule has 3 heteroatoms. The first-order valence-electron chi connectivity index (χ1n) is 10.1. The van der Waals surface area contributed by atoms with Crippen LogP contribution in [0.15, 0.2) is 109 Å². The van der Waals surface area contributed by atoms with Gasteiger partial charge in [0.25, 0.3) is 0 Å². The third-order valence-electron chi connectivity index (χ3n) is 5.20. The van der Waals surface area contributed by atoms with E-state index in [9.17, 15) is 0 Å². The highest BCUT2D eigenvalue weighted by Crippen LogP contribution is 2.27. The number of aromatic nitrogens is 2. The molecule has 146 valence electrons. The van der Waals surface area contributed by atoms with Crippen molar-refractivity contribution in [2.24, 2.45) is 0 Å². The fourth-order valence-corrected chi connectivity index (χ4v) is 3.66. The highest BCUT2D eigenvalue weighted by Gasteiger charge is 2.13. The molecular weight excluding hydrogens is 368 g/mol. The molecule has 0 aliphatic heterocycles. The Hall–Kier alpha value is -3.85. The molecule has 0 saturated heterocycles. The van der Waals surface area contributed by atoms with Gasteiger partial charge in [0.15, 0.2) is 0 Å². The molecule has 1 heterocycles. The van der Waals surface area contributed by atoms with Crippen LogP contribution in [-0.2, 0) is 13.2 Å². The minimum absolute atomic E-state index is 0.562. The van der Waals surface area contributed by atoms with Gasteiger partial charge in [-0.05, 0) is 47.5 Å². The summed E-state index contributed by atoms with van der Waals surface area (Å²) < 4.78 is 8.22. The second kappa shape index (κ2) is 8.26. The van der Waals surface area contributed by atoms with Gasteiger partial charge in [0.2, 0.25) is 0 Å². The van der Waals surface area contributed by atoms with E-state index >= 15 is 0 Å². The molecule has 0 amide bonds. The highest BCUT2D eigenvalue weighted by atomic mass is 16.5. The predicted molar refractivity (Wildman–Crippen MR) is 121 cm³/mol. The summed E-state index contributed by atoms with van der Waals surface area (Å²) in [6.45, 7) is 1.34. The van der Waals surface area contributed by atoms with Gasteiger partial charge in [0, 0.05) is 12.1 Å². The maximum atomic E-state index is 5.94. The van der Waals surface area contributed by atoms with Crippen LogP contribution in [0.25, 0.3) is 22.4 Å². The topological polar surface area (TPSA) is 27.1 Å². The maximum absolute atomic E-state index is 5.94. The third-order valence-corrected chi connectivity index (χ3v) is 5.20. The summed E-state index contributed by atoms with van der Waals surface area (Å²) in [4.78, 5) is 4.92. The molecule has 0 aliphatic rings. The van der Waals surface area contributed by atoms with Crippen LogP contribution in [-0.4, -0.2) is 9.55 Å². The van der Waals surface area contributed by atoms with Gasteiger partial charge < -0.3 is 9.30 Å². The first-order chi connectivity index (χ1) is 14.9. The molecule has 0 unspecified atom stereocenters. The van der Waals surface area contributed by atoms with Crippen molar-refractivity contribution in [3.8, 4) is 17.1 Å². The van der Waals surface area contributed by atoms with Gasteiger partial charge in [0.05, 0.1) is 11.0 Å². The lowest BCUT2D eigenvalue weighted by Crippen LogP contribution is -2.02. The van der Waals surface area contributed by atoms with Crippen LogP contribution in [0.4, 0.5) is 0 Å². The van der Waals surface area contributed by atoms with Crippen molar-refractivity contribution in [3.05, 3.63) is 120 Å². The number of hydrogen-bond donors (Lipinski definition) is 0. The molecule has 0 radical (unpaired) electrons. The molecule has 0 N–H and O–H groups in total. The summed E-state index contributed by atoms with van der Waals surface area (Å²) >= 11 is 0. The predicted octanol–water partition coefficient (Wildman–Crippen LogP) is 6.33. The summed E-state index contributed by atoms with van der Waals surface area (Å²) in [5.41, 5.74) is 5.64. The summed E-state index contributed by atoms with van der Waals surface area (Å²) in [6, 6.07) is 37.2. The van der Waals surface area contributed by atoms with Gasteiger partial charge in [-0.1, -0.05) is 72.8 Å². The van der Waals surface area contributed by atoms with E-state index < -0.39 is 0 Å². The van der Waals surface area contributed by atoms with Crippen molar-refractivity contribution in [3.63, 3.8) is 0 Å². The monoisotopic (exact) mass is 390 g/mol. The van der Waals surface area contributed by atoms with Gasteiger partial charge in [-0.2, -0.15) is 0 Å². The lowest BCUT2D eigenvalue weighted by Gasteiger charge is -2.11. The van der Waals surface area contributed by atoms with E-state index in [-0.39, 0.29) is 0 Å². The molecule has 5 aromatic rings. The lowest BCUT2D eigenvalue weighted by atomic mass is 10.2. The Balaban J connectivity index is 1.44. The second-order valence-electron chi connectivity index (χ2n) is 7.29. The SMILES string of the molecule is c1ccc(COc2ccc(-c3nc4ccccc4n3Cc3ccccc3)cc2)cc1. The number of hydrogen-bond acceptors (Lipinski definition) is 2. The molecule has 4 aromatic carbocycles. The number of nitrogens with zero attached hydrogens (tertiary/aromatic N) is 2. The summed E-state index contributed by atoms with van der Waals surface area (Å²) in [5.74, 6) is 1.82. The summed E-state index contributed by atoms with van der Waals surface area (Å²) in [5, 5.41) is 0. The Morgan fingerprint density at radius 3 is 2.00 bits per heavy atom. The third kappa shape index (κ3) is 3.83. The molecule has 0 spiro atoms. The van der Waals surface area contributed by atoms with Crippen molar-refractivity contribution < 1.29 is 4.74 Å². The van der Waals surface area contributed by atoms with Crippen molar-refractivity contribution in [1.29, 1.82) is 0 Å². The first-order valence-corrected chi connectivity index (χ1v) is 10.1. The Bertz CT molecular complexity index is 1240. The molecule has 5 rings (SSSR count). The molecule has 0 aliphatic carbocycles. The highest BCUT2D eigenvalue weighted by molar-refractivity contribution is 5.80. The smallest absolute Gasteiger partial charge is 0.141 e. The number of imidazole rings is 1. The zero-order chi connectivity index (χ0) is 20.2. The average Bonchev–Trinajstić information content (AvgIpc) is 3.18. The molecule has 0 fully saturated rings. The number of rotatable bonds is 6. The van der Waals surface area contributed by atoms with Crippen molar-refractivity contribution >= 4 is 11.0 Å². The van der Waals surface area contributed by atoms with E-state index in [2.05, 4.69) is 71.3 Å². The normalized spacial score (nSPS) is 10.9. The van der Waals surface area contributed by atoms with Gasteiger partial charge in [-0.3, -0.25) is 0 Å². The Labute approximate surface area is 176 Å². The van der Waals surface area contributed by atoms with Gasteiger partial charge in [-0.15, -0.1) is 0 Å². The number of para-hydroxylation sites is 2. The van der Waals surface area contributed by atoms with Crippen molar-refractivity contribution in [1.82, 2.24) is 9.55 Å². The zero-order valence-corrected chi connectivity index (χ0v) is 16.6. The molecule has 1 aromatic heterocycles. The molecular formula is C27H22N2O. The van der Waals surface area contributed by atoms with Gasteiger partial charge in [0.1, 0.15) is 18.2 Å². The Kier molecular flexibility index (Phi) is 5.01. The van der Waals surface area contributed by atoms with Crippen LogP contribution in [0.5, 0.6) is 5.75 Å². The van der Waals surface area contributed by atoms with E-state index in [1.165, 1.54) is 5.56 Å². The molecule has 30 heavy (non-hydrogen) atoms. The quantitative estimate of drug-likeness (QED) is 0.339. The fourth-order valence-electron chi connectivity index (χ4n) is 3.66. The lowest BCUT2D eigenvalue weighted by molar-refractivity contribution is 0.306. The Morgan fingerprint density at radius 1 is 0.633 bits per heavy atom. The van der Waals surface area contributed by atoms with Crippen LogP contribution in [0, 0.1) is 0 Å². The number of ether oxygens (including phenoxy) is 1. The minimum atomic E-state index is 0.562. The van der Waals surface area contributed by atoms with E-state index in [1.54, 1.807) is 0 Å². The second-order valence-corrected chi connectivity index (χ2v) is 7.29.